The van der Waals surface area contributed by atoms with Crippen LogP contribution >= 0.6 is 0 Å². The van der Waals surface area contributed by atoms with E-state index < -0.39 is 0 Å². The highest BCUT2D eigenvalue weighted by Crippen LogP contribution is 2.17. The zero-order valence-corrected chi connectivity index (χ0v) is 7.99. The summed E-state index contributed by atoms with van der Waals surface area (Å²) in [5.74, 6) is 0.492. The molecule has 1 aromatic rings. The molecule has 1 aliphatic rings. The van der Waals surface area contributed by atoms with Gasteiger partial charge in [0.25, 0.3) is 5.91 Å². The van der Waals surface area contributed by atoms with Gasteiger partial charge in [0.15, 0.2) is 0 Å². The number of nitrogens with zero attached hydrogens (tertiary/aromatic N) is 1. The van der Waals surface area contributed by atoms with E-state index in [0.717, 1.165) is 13.1 Å². The molecule has 14 heavy (non-hydrogen) atoms. The average Bonchev–Trinajstić information content (AvgIpc) is 3.01. The predicted molar refractivity (Wildman–Crippen MR) is 52.0 cm³/mol. The van der Waals surface area contributed by atoms with Crippen molar-refractivity contribution in [2.75, 3.05) is 20.2 Å². The van der Waals surface area contributed by atoms with Gasteiger partial charge in [-0.2, -0.15) is 0 Å². The molecule has 0 aromatic heterocycles. The van der Waals surface area contributed by atoms with E-state index in [2.05, 4.69) is 5.43 Å². The Morgan fingerprint density at radius 2 is 2.14 bits per heavy atom. The maximum atomic E-state index is 11.6. The van der Waals surface area contributed by atoms with Crippen molar-refractivity contribution >= 4 is 5.91 Å². The molecule has 1 fully saturated rings. The quantitative estimate of drug-likeness (QED) is 0.715. The molecule has 0 unspecified atom stereocenters. The summed E-state index contributed by atoms with van der Waals surface area (Å²) >= 11 is 0. The molecular formula is C10H12N2O2. The summed E-state index contributed by atoms with van der Waals surface area (Å²) in [6, 6.07) is 7.18. The standard InChI is InChI=1S/C10H12N2O2/c1-14-9-5-3-2-4-8(9)10(13)11-12-6-7-12/h2-5H,6-7H2,1H3,(H,11,13). The van der Waals surface area contributed by atoms with E-state index in [9.17, 15) is 4.79 Å². The lowest BCUT2D eigenvalue weighted by Crippen LogP contribution is -2.29. The minimum atomic E-state index is -0.111. The van der Waals surface area contributed by atoms with Crippen LogP contribution in [0.15, 0.2) is 24.3 Å². The fourth-order valence-corrected chi connectivity index (χ4v) is 1.20. The van der Waals surface area contributed by atoms with Crippen molar-refractivity contribution in [1.29, 1.82) is 0 Å². The number of hydrogen-bond donors (Lipinski definition) is 1. The predicted octanol–water partition coefficient (Wildman–Crippen LogP) is 0.656. The second-order valence-corrected chi connectivity index (χ2v) is 3.13. The summed E-state index contributed by atoms with van der Waals surface area (Å²) in [6.45, 7) is 1.86. The molecule has 0 atom stereocenters. The van der Waals surface area contributed by atoms with Crippen LogP contribution in [0.1, 0.15) is 10.4 Å². The van der Waals surface area contributed by atoms with Gasteiger partial charge in [-0.1, -0.05) is 12.1 Å². The summed E-state index contributed by atoms with van der Waals surface area (Å²) in [4.78, 5) is 11.6. The minimum Gasteiger partial charge on any atom is -0.496 e. The highest BCUT2D eigenvalue weighted by atomic mass is 16.5. The van der Waals surface area contributed by atoms with Gasteiger partial charge in [0.05, 0.1) is 12.7 Å². The third kappa shape index (κ3) is 1.85. The number of ether oxygens (including phenoxy) is 1. The van der Waals surface area contributed by atoms with Crippen molar-refractivity contribution in [2.24, 2.45) is 0 Å². The van der Waals surface area contributed by atoms with Gasteiger partial charge < -0.3 is 4.74 Å². The van der Waals surface area contributed by atoms with Crippen molar-refractivity contribution in [2.45, 2.75) is 0 Å². The SMILES string of the molecule is COc1ccccc1C(=O)NN1CC1. The molecule has 1 saturated heterocycles. The molecule has 1 aromatic carbocycles. The number of amides is 1. The van der Waals surface area contributed by atoms with Crippen LogP contribution in [-0.4, -0.2) is 31.1 Å². The van der Waals surface area contributed by atoms with Crippen LogP contribution < -0.4 is 10.2 Å². The van der Waals surface area contributed by atoms with E-state index in [1.807, 2.05) is 17.1 Å². The van der Waals surface area contributed by atoms with Gasteiger partial charge in [-0.15, -0.1) is 0 Å². The Labute approximate surface area is 82.4 Å². The maximum Gasteiger partial charge on any atom is 0.269 e. The second-order valence-electron chi connectivity index (χ2n) is 3.13. The van der Waals surface area contributed by atoms with Crippen molar-refractivity contribution in [3.8, 4) is 5.75 Å². The number of carbonyl (C=O) groups is 1. The first kappa shape index (κ1) is 9.02. The number of hydrazine groups is 1. The first-order valence-electron chi connectivity index (χ1n) is 4.50. The van der Waals surface area contributed by atoms with Gasteiger partial charge in [0, 0.05) is 13.1 Å². The Hall–Kier alpha value is -1.55. The third-order valence-electron chi connectivity index (χ3n) is 2.06. The van der Waals surface area contributed by atoms with Gasteiger partial charge in [-0.25, -0.2) is 5.01 Å². The zero-order chi connectivity index (χ0) is 9.97. The normalized spacial score (nSPS) is 14.9. The first-order valence-corrected chi connectivity index (χ1v) is 4.50. The highest BCUT2D eigenvalue weighted by molar-refractivity contribution is 5.96. The number of nitrogens with one attached hydrogen (secondary N) is 1. The Morgan fingerprint density at radius 3 is 2.79 bits per heavy atom. The molecule has 2 rings (SSSR count). The van der Waals surface area contributed by atoms with Crippen LogP contribution in [0.25, 0.3) is 0 Å². The first-order chi connectivity index (χ1) is 6.81. The number of hydrogen-bond acceptors (Lipinski definition) is 3. The summed E-state index contributed by atoms with van der Waals surface area (Å²) in [6.07, 6.45) is 0. The zero-order valence-electron chi connectivity index (χ0n) is 7.99. The smallest absolute Gasteiger partial charge is 0.269 e. The Bertz CT molecular complexity index is 348. The van der Waals surface area contributed by atoms with E-state index in [-0.39, 0.29) is 5.91 Å². The van der Waals surface area contributed by atoms with Gasteiger partial charge in [-0.05, 0) is 12.1 Å². The molecule has 0 radical (unpaired) electrons. The van der Waals surface area contributed by atoms with Gasteiger partial charge in [0.1, 0.15) is 5.75 Å². The van der Waals surface area contributed by atoms with E-state index in [0.29, 0.717) is 11.3 Å². The molecule has 0 bridgehead atoms. The fourth-order valence-electron chi connectivity index (χ4n) is 1.20. The lowest BCUT2D eigenvalue weighted by Gasteiger charge is -2.08. The molecule has 0 aliphatic carbocycles. The van der Waals surface area contributed by atoms with Crippen LogP contribution in [0.5, 0.6) is 5.75 Å². The minimum absolute atomic E-state index is 0.111. The largest absolute Gasteiger partial charge is 0.496 e. The molecule has 0 spiro atoms. The lowest BCUT2D eigenvalue weighted by molar-refractivity contribution is 0.0893. The van der Waals surface area contributed by atoms with E-state index in [1.54, 1.807) is 19.2 Å². The van der Waals surface area contributed by atoms with Crippen molar-refractivity contribution in [3.05, 3.63) is 29.8 Å². The fraction of sp³-hybridized carbons (Fsp3) is 0.300. The van der Waals surface area contributed by atoms with Crippen LogP contribution in [0.4, 0.5) is 0 Å². The number of para-hydroxylation sites is 1. The monoisotopic (exact) mass is 192 g/mol. The average molecular weight is 192 g/mol. The van der Waals surface area contributed by atoms with Crippen molar-refractivity contribution < 1.29 is 9.53 Å². The van der Waals surface area contributed by atoms with Gasteiger partial charge >= 0.3 is 0 Å². The molecule has 1 aliphatic heterocycles. The molecule has 1 heterocycles. The molecule has 4 heteroatoms. The third-order valence-corrected chi connectivity index (χ3v) is 2.06. The molecule has 0 saturated carbocycles. The van der Waals surface area contributed by atoms with Gasteiger partial charge in [0.2, 0.25) is 0 Å². The number of rotatable bonds is 3. The van der Waals surface area contributed by atoms with Gasteiger partial charge in [-0.3, -0.25) is 10.2 Å². The van der Waals surface area contributed by atoms with Crippen molar-refractivity contribution in [3.63, 3.8) is 0 Å². The summed E-state index contributed by atoms with van der Waals surface area (Å²) in [5.41, 5.74) is 3.33. The Morgan fingerprint density at radius 1 is 1.43 bits per heavy atom. The van der Waals surface area contributed by atoms with E-state index >= 15 is 0 Å². The van der Waals surface area contributed by atoms with Crippen LogP contribution in [0, 0.1) is 0 Å². The molecule has 1 amide bonds. The van der Waals surface area contributed by atoms with Crippen LogP contribution in [-0.2, 0) is 0 Å². The summed E-state index contributed by atoms with van der Waals surface area (Å²) < 4.78 is 5.09. The molecule has 4 nitrogen and oxygen atoms in total. The summed E-state index contributed by atoms with van der Waals surface area (Å²) in [5, 5.41) is 1.84. The van der Waals surface area contributed by atoms with E-state index in [4.69, 9.17) is 4.74 Å². The number of methoxy groups -OCH3 is 1. The molecular weight excluding hydrogens is 180 g/mol. The molecule has 1 N–H and O–H groups in total. The lowest BCUT2D eigenvalue weighted by atomic mass is 10.2. The Balaban J connectivity index is 2.16. The summed E-state index contributed by atoms with van der Waals surface area (Å²) in [7, 11) is 1.56. The van der Waals surface area contributed by atoms with Crippen LogP contribution in [0.3, 0.4) is 0 Å². The van der Waals surface area contributed by atoms with Crippen molar-refractivity contribution in [1.82, 2.24) is 10.4 Å². The Kier molecular flexibility index (Phi) is 2.37. The maximum absolute atomic E-state index is 11.6. The second kappa shape index (κ2) is 3.67. The van der Waals surface area contributed by atoms with E-state index in [1.165, 1.54) is 0 Å². The number of benzene rings is 1. The molecule has 74 valence electrons. The highest BCUT2D eigenvalue weighted by Gasteiger charge is 2.21. The topological polar surface area (TPSA) is 41.3 Å². The van der Waals surface area contributed by atoms with Crippen LogP contribution in [0.2, 0.25) is 0 Å². The number of carbonyl (C=O) groups excluding carboxylic acids is 1.